The number of carbonyl (C=O) groups is 3. The highest BCUT2D eigenvalue weighted by molar-refractivity contribution is 5.74. The van der Waals surface area contributed by atoms with Gasteiger partial charge >= 0.3 is 18.2 Å². The number of unbranched alkanes of at least 4 members (excludes halogenated alkanes) is 1. The Morgan fingerprint density at radius 2 is 1.73 bits per heavy atom. The highest BCUT2D eigenvalue weighted by Gasteiger charge is 2.41. The van der Waals surface area contributed by atoms with Crippen molar-refractivity contribution in [1.29, 1.82) is 0 Å². The van der Waals surface area contributed by atoms with Crippen molar-refractivity contribution in [2.75, 3.05) is 32.8 Å². The molecule has 0 saturated carbocycles. The molecule has 0 aromatic carbocycles. The number of carbonyl (C=O) groups excluding carboxylic acids is 3. The molecule has 0 spiro atoms. The van der Waals surface area contributed by atoms with E-state index in [4.69, 9.17) is 18.7 Å². The molecule has 1 atom stereocenters. The van der Waals surface area contributed by atoms with E-state index in [0.29, 0.717) is 51.5 Å². The first kappa shape index (κ1) is 31.4. The van der Waals surface area contributed by atoms with E-state index in [1.165, 1.54) is 14.9 Å². The van der Waals surface area contributed by atoms with E-state index < -0.39 is 29.4 Å². The fourth-order valence-electron chi connectivity index (χ4n) is 4.41. The minimum absolute atomic E-state index is 0.00772. The Labute approximate surface area is 237 Å². The van der Waals surface area contributed by atoms with E-state index in [1.54, 1.807) is 46.4 Å². The summed E-state index contributed by atoms with van der Waals surface area (Å²) in [5.41, 5.74) is -1.32. The number of aromatic nitrogens is 2. The lowest BCUT2D eigenvalue weighted by atomic mass is 10.1. The van der Waals surface area contributed by atoms with Gasteiger partial charge in [0.15, 0.2) is 0 Å². The Bertz CT molecular complexity index is 1010. The smallest absolute Gasteiger partial charge is 0.411 e. The molecule has 2 fully saturated rings. The van der Waals surface area contributed by atoms with Gasteiger partial charge in [-0.25, -0.2) is 19.4 Å². The molecule has 0 N–H and O–H groups in total. The van der Waals surface area contributed by atoms with Gasteiger partial charge in [0.2, 0.25) is 11.8 Å². The second-order valence-electron chi connectivity index (χ2n) is 12.2. The number of likely N-dealkylation sites (tertiary alicyclic amines) is 1. The van der Waals surface area contributed by atoms with Crippen molar-refractivity contribution >= 4 is 18.2 Å². The van der Waals surface area contributed by atoms with Gasteiger partial charge in [0, 0.05) is 19.6 Å². The predicted octanol–water partition coefficient (Wildman–Crippen LogP) is 4.74. The molecule has 3 rings (SSSR count). The third-order valence-corrected chi connectivity index (χ3v) is 6.42. The first-order valence-electron chi connectivity index (χ1n) is 14.2. The lowest BCUT2D eigenvalue weighted by Gasteiger charge is -2.44. The van der Waals surface area contributed by atoms with Gasteiger partial charge < -0.3 is 23.7 Å². The zero-order valence-electron chi connectivity index (χ0n) is 25.3. The van der Waals surface area contributed by atoms with E-state index in [9.17, 15) is 14.4 Å². The molecule has 4 amide bonds. The Morgan fingerprint density at radius 1 is 1.05 bits per heavy atom. The van der Waals surface area contributed by atoms with Crippen LogP contribution >= 0.6 is 0 Å². The average Bonchev–Trinajstić information content (AvgIpc) is 3.20. The van der Waals surface area contributed by atoms with Gasteiger partial charge in [-0.15, -0.1) is 10.2 Å². The standard InChI is InChI=1S/C27H46N6O7/c1-9-11-15-37-33-14-12-13-20(31(10-2)23(33)34)22-29-28-21(38-22)18-32(25(36)40-27(6,7)8)19-16-30(17-19)24(35)39-26(3,4)5/h19-20H,9-18H2,1-8H3/t20-/m0/s1. The number of rotatable bonds is 9. The SMILES string of the molecule is CCCCON1CCC[C@@H](c2nnc(CN(C(=O)OC(C)(C)C)C3CN(C(=O)OC(C)(C)C)C3)o2)N(CC)C1=O. The molecule has 3 heterocycles. The van der Waals surface area contributed by atoms with Crippen LogP contribution < -0.4 is 0 Å². The Morgan fingerprint density at radius 3 is 2.33 bits per heavy atom. The zero-order valence-corrected chi connectivity index (χ0v) is 25.3. The number of nitrogens with zero attached hydrogens (tertiary/aromatic N) is 6. The third-order valence-electron chi connectivity index (χ3n) is 6.42. The Balaban J connectivity index is 1.72. The second-order valence-corrected chi connectivity index (χ2v) is 12.2. The third kappa shape index (κ3) is 8.45. The molecule has 13 nitrogen and oxygen atoms in total. The molecule has 0 aliphatic carbocycles. The largest absolute Gasteiger partial charge is 0.444 e. The van der Waals surface area contributed by atoms with Gasteiger partial charge in [-0.1, -0.05) is 13.3 Å². The molecule has 40 heavy (non-hydrogen) atoms. The van der Waals surface area contributed by atoms with Gasteiger partial charge in [0.25, 0.3) is 0 Å². The van der Waals surface area contributed by atoms with E-state index >= 15 is 0 Å². The molecule has 0 unspecified atom stereocenters. The minimum Gasteiger partial charge on any atom is -0.444 e. The summed E-state index contributed by atoms with van der Waals surface area (Å²) in [7, 11) is 0. The Kier molecular flexibility index (Phi) is 10.3. The van der Waals surface area contributed by atoms with Gasteiger partial charge in [-0.2, -0.15) is 0 Å². The molecule has 2 saturated heterocycles. The normalized spacial score (nSPS) is 18.9. The number of hydrogen-bond acceptors (Lipinski definition) is 9. The summed E-state index contributed by atoms with van der Waals surface area (Å²) in [5.74, 6) is 0.536. The number of hydrogen-bond donors (Lipinski definition) is 0. The fourth-order valence-corrected chi connectivity index (χ4v) is 4.41. The van der Waals surface area contributed by atoms with Gasteiger partial charge in [-0.05, 0) is 67.7 Å². The maximum atomic E-state index is 13.2. The van der Waals surface area contributed by atoms with E-state index in [2.05, 4.69) is 17.1 Å². The quantitative estimate of drug-likeness (QED) is 0.389. The molecule has 1 aromatic rings. The fraction of sp³-hybridized carbons (Fsp3) is 0.815. The number of amides is 4. The molecule has 2 aliphatic rings. The van der Waals surface area contributed by atoms with Crippen LogP contribution in [-0.4, -0.2) is 98.2 Å². The predicted molar refractivity (Wildman–Crippen MR) is 145 cm³/mol. The summed E-state index contributed by atoms with van der Waals surface area (Å²) >= 11 is 0. The zero-order chi connectivity index (χ0) is 29.7. The maximum absolute atomic E-state index is 13.2. The van der Waals surface area contributed by atoms with Crippen molar-refractivity contribution < 1.29 is 33.1 Å². The summed E-state index contributed by atoms with van der Waals surface area (Å²) < 4.78 is 17.1. The van der Waals surface area contributed by atoms with Crippen LogP contribution in [0.4, 0.5) is 14.4 Å². The van der Waals surface area contributed by atoms with E-state index in [-0.39, 0.29) is 24.5 Å². The Hall–Kier alpha value is -3.09. The molecular formula is C27H46N6O7. The van der Waals surface area contributed by atoms with Crippen molar-refractivity contribution in [3.05, 3.63) is 11.8 Å². The van der Waals surface area contributed by atoms with Crippen LogP contribution in [0.2, 0.25) is 0 Å². The lowest BCUT2D eigenvalue weighted by molar-refractivity contribution is -0.123. The van der Waals surface area contributed by atoms with Gasteiger partial charge in [0.1, 0.15) is 23.8 Å². The second kappa shape index (κ2) is 13.0. The van der Waals surface area contributed by atoms with E-state index in [0.717, 1.165) is 12.8 Å². The monoisotopic (exact) mass is 566 g/mol. The van der Waals surface area contributed by atoms with Gasteiger partial charge in [0.05, 0.1) is 19.2 Å². The van der Waals surface area contributed by atoms with Crippen LogP contribution in [-0.2, 0) is 20.9 Å². The minimum atomic E-state index is -0.711. The lowest BCUT2D eigenvalue weighted by Crippen LogP contribution is -2.63. The maximum Gasteiger partial charge on any atom is 0.411 e. The molecule has 0 radical (unpaired) electrons. The first-order chi connectivity index (χ1) is 18.7. The molecule has 226 valence electrons. The number of urea groups is 1. The molecule has 0 bridgehead atoms. The number of ether oxygens (including phenoxy) is 2. The van der Waals surface area contributed by atoms with E-state index in [1.807, 2.05) is 6.92 Å². The summed E-state index contributed by atoms with van der Waals surface area (Å²) in [6.07, 6.45) is 2.23. The average molecular weight is 567 g/mol. The molecule has 2 aliphatic heterocycles. The van der Waals surface area contributed by atoms with Crippen LogP contribution in [0.25, 0.3) is 0 Å². The topological polar surface area (TPSA) is 131 Å². The van der Waals surface area contributed by atoms with Crippen molar-refractivity contribution in [1.82, 2.24) is 30.0 Å². The van der Waals surface area contributed by atoms with Crippen LogP contribution in [0.1, 0.15) is 98.9 Å². The van der Waals surface area contributed by atoms with Crippen molar-refractivity contribution in [2.45, 2.75) is 111 Å². The number of hydroxylamine groups is 2. The molecule has 1 aromatic heterocycles. The molecular weight excluding hydrogens is 520 g/mol. The van der Waals surface area contributed by atoms with Crippen LogP contribution in [0, 0.1) is 0 Å². The molecule has 13 heteroatoms. The van der Waals surface area contributed by atoms with Gasteiger partial charge in [-0.3, -0.25) is 9.74 Å². The highest BCUT2D eigenvalue weighted by atomic mass is 16.7. The van der Waals surface area contributed by atoms with Crippen molar-refractivity contribution in [3.63, 3.8) is 0 Å². The van der Waals surface area contributed by atoms with Crippen LogP contribution in [0.3, 0.4) is 0 Å². The van der Waals surface area contributed by atoms with Crippen LogP contribution in [0.15, 0.2) is 4.42 Å². The highest BCUT2D eigenvalue weighted by Crippen LogP contribution is 2.30. The van der Waals surface area contributed by atoms with Crippen LogP contribution in [0.5, 0.6) is 0 Å². The van der Waals surface area contributed by atoms with Crippen molar-refractivity contribution in [3.8, 4) is 0 Å². The summed E-state index contributed by atoms with van der Waals surface area (Å²) in [6.45, 7) is 16.8. The first-order valence-corrected chi connectivity index (χ1v) is 14.2. The van der Waals surface area contributed by atoms with Crippen molar-refractivity contribution in [2.24, 2.45) is 0 Å². The summed E-state index contributed by atoms with van der Waals surface area (Å²) in [6, 6.07) is -0.939. The summed E-state index contributed by atoms with van der Waals surface area (Å²) in [4.78, 5) is 49.2. The summed E-state index contributed by atoms with van der Waals surface area (Å²) in [5, 5.41) is 9.88.